The number of rotatable bonds is 9. The molecule has 3 atom stereocenters. The molecular formula is C31H50O2. The molecule has 2 heteroatoms. The molecule has 2 aliphatic carbocycles. The minimum absolute atomic E-state index is 0.227. The van der Waals surface area contributed by atoms with E-state index < -0.39 is 0 Å². The number of hydrogen-bond donors (Lipinski definition) is 0. The Morgan fingerprint density at radius 1 is 0.939 bits per heavy atom. The van der Waals surface area contributed by atoms with E-state index in [4.69, 9.17) is 9.47 Å². The van der Waals surface area contributed by atoms with Gasteiger partial charge in [-0.3, -0.25) is 0 Å². The van der Waals surface area contributed by atoms with E-state index in [1.54, 1.807) is 0 Å². The van der Waals surface area contributed by atoms with Crippen LogP contribution in [0.4, 0.5) is 0 Å². The van der Waals surface area contributed by atoms with Crippen LogP contribution in [0.3, 0.4) is 0 Å². The molecule has 0 bridgehead atoms. The highest BCUT2D eigenvalue weighted by molar-refractivity contribution is 5.31. The molecule has 0 amide bonds. The smallest absolute Gasteiger partial charge is 0.222 e. The Kier molecular flexibility index (Phi) is 9.12. The average molecular weight is 455 g/mol. The molecule has 2 aliphatic rings. The van der Waals surface area contributed by atoms with Crippen LogP contribution in [0.2, 0.25) is 0 Å². The molecule has 3 unspecified atom stereocenters. The van der Waals surface area contributed by atoms with Gasteiger partial charge < -0.3 is 9.47 Å². The van der Waals surface area contributed by atoms with Crippen LogP contribution in [-0.4, -0.2) is 12.9 Å². The molecule has 1 saturated carbocycles. The maximum atomic E-state index is 6.47. The quantitative estimate of drug-likeness (QED) is 0.273. The van der Waals surface area contributed by atoms with Crippen LogP contribution in [0.1, 0.15) is 118 Å². The van der Waals surface area contributed by atoms with Gasteiger partial charge in [-0.15, -0.1) is 0 Å². The lowest BCUT2D eigenvalue weighted by atomic mass is 9.69. The van der Waals surface area contributed by atoms with Crippen molar-refractivity contribution in [2.24, 2.45) is 22.7 Å². The zero-order valence-electron chi connectivity index (χ0n) is 22.6. The number of ether oxygens (including phenoxy) is 2. The van der Waals surface area contributed by atoms with E-state index in [0.29, 0.717) is 17.3 Å². The van der Waals surface area contributed by atoms with E-state index >= 15 is 0 Å². The molecule has 0 aromatic heterocycles. The van der Waals surface area contributed by atoms with Gasteiger partial charge in [-0.25, -0.2) is 0 Å². The Bertz CT molecular complexity index is 741. The summed E-state index contributed by atoms with van der Waals surface area (Å²) in [6.45, 7) is 17.2. The second-order valence-electron chi connectivity index (χ2n) is 13.2. The van der Waals surface area contributed by atoms with Crippen LogP contribution < -0.4 is 4.74 Å². The van der Waals surface area contributed by atoms with Crippen molar-refractivity contribution in [1.29, 1.82) is 0 Å². The fraction of sp³-hybridized carbons (Fsp3) is 0.742. The molecule has 2 nitrogen and oxygen atoms in total. The van der Waals surface area contributed by atoms with Crippen molar-refractivity contribution in [2.75, 3.05) is 6.61 Å². The van der Waals surface area contributed by atoms with Crippen molar-refractivity contribution in [1.82, 2.24) is 0 Å². The van der Waals surface area contributed by atoms with E-state index in [1.165, 1.54) is 56.1 Å². The molecule has 33 heavy (non-hydrogen) atoms. The first-order valence-electron chi connectivity index (χ1n) is 13.6. The van der Waals surface area contributed by atoms with Crippen LogP contribution in [-0.2, 0) is 4.74 Å². The molecule has 186 valence electrons. The highest BCUT2D eigenvalue weighted by Crippen LogP contribution is 2.43. The van der Waals surface area contributed by atoms with Crippen molar-refractivity contribution < 1.29 is 9.47 Å². The fourth-order valence-corrected chi connectivity index (χ4v) is 5.59. The Labute approximate surface area is 204 Å². The normalized spacial score (nSPS) is 22.2. The molecule has 0 aliphatic heterocycles. The van der Waals surface area contributed by atoms with E-state index in [0.717, 1.165) is 31.1 Å². The summed E-state index contributed by atoms with van der Waals surface area (Å²) >= 11 is 0. The second kappa shape index (κ2) is 11.4. The minimum Gasteiger partial charge on any atom is -0.461 e. The lowest BCUT2D eigenvalue weighted by Gasteiger charge is -2.36. The maximum Gasteiger partial charge on any atom is 0.222 e. The van der Waals surface area contributed by atoms with Crippen LogP contribution in [0, 0.1) is 22.7 Å². The molecule has 1 aromatic rings. The van der Waals surface area contributed by atoms with Crippen molar-refractivity contribution in [3.8, 4) is 5.75 Å². The lowest BCUT2D eigenvalue weighted by molar-refractivity contribution is -0.0605. The molecular weight excluding hydrogens is 404 g/mol. The highest BCUT2D eigenvalue weighted by Gasteiger charge is 2.30. The summed E-state index contributed by atoms with van der Waals surface area (Å²) in [4.78, 5) is 0. The molecule has 1 aromatic carbocycles. The summed E-state index contributed by atoms with van der Waals surface area (Å²) in [7, 11) is 0. The zero-order valence-corrected chi connectivity index (χ0v) is 22.6. The first-order chi connectivity index (χ1) is 15.5. The largest absolute Gasteiger partial charge is 0.461 e. The van der Waals surface area contributed by atoms with Crippen molar-refractivity contribution in [2.45, 2.75) is 118 Å². The maximum absolute atomic E-state index is 6.47. The molecule has 0 spiro atoms. The monoisotopic (exact) mass is 454 g/mol. The second-order valence-corrected chi connectivity index (χ2v) is 13.2. The molecule has 3 rings (SSSR count). The number of benzene rings is 1. The number of hydrogen-bond acceptors (Lipinski definition) is 2. The standard InChI is InChI=1S/C31H50O2/c1-23-13-14-26(21-23)29(32-20-19-24-11-9-8-10-12-24)33-27-17-15-25(16-18-27)28(31(5,6)7)22-30(2,3)4/h14-18,23-24,28-29H,8-13,19-22H2,1-7H3. The number of allylic oxidation sites excluding steroid dienone is 1. The summed E-state index contributed by atoms with van der Waals surface area (Å²) < 4.78 is 12.9. The van der Waals surface area contributed by atoms with Crippen LogP contribution in [0.15, 0.2) is 35.9 Å². The Morgan fingerprint density at radius 3 is 2.15 bits per heavy atom. The summed E-state index contributed by atoms with van der Waals surface area (Å²) in [5, 5.41) is 0. The summed E-state index contributed by atoms with van der Waals surface area (Å²) in [5.41, 5.74) is 3.27. The molecule has 0 heterocycles. The lowest BCUT2D eigenvalue weighted by Crippen LogP contribution is -2.25. The highest BCUT2D eigenvalue weighted by atomic mass is 16.7. The van der Waals surface area contributed by atoms with Gasteiger partial charge in [0.2, 0.25) is 6.29 Å². The zero-order chi connectivity index (χ0) is 24.1. The summed E-state index contributed by atoms with van der Waals surface area (Å²) in [5.74, 6) is 2.98. The first-order valence-corrected chi connectivity index (χ1v) is 13.6. The Balaban J connectivity index is 1.66. The third-order valence-corrected chi connectivity index (χ3v) is 7.58. The van der Waals surface area contributed by atoms with E-state index in [9.17, 15) is 0 Å². The van der Waals surface area contributed by atoms with Crippen molar-refractivity contribution >= 4 is 0 Å². The summed E-state index contributed by atoms with van der Waals surface area (Å²) in [6, 6.07) is 8.88. The predicted molar refractivity (Wildman–Crippen MR) is 141 cm³/mol. The van der Waals surface area contributed by atoms with Gasteiger partial charge in [0.15, 0.2) is 0 Å². The minimum atomic E-state index is -0.239. The fourth-order valence-electron chi connectivity index (χ4n) is 5.59. The van der Waals surface area contributed by atoms with Gasteiger partial charge in [0.05, 0.1) is 6.61 Å². The van der Waals surface area contributed by atoms with Crippen LogP contribution in [0.5, 0.6) is 5.75 Å². The molecule has 1 fully saturated rings. The molecule has 0 saturated heterocycles. The molecule has 0 radical (unpaired) electrons. The topological polar surface area (TPSA) is 18.5 Å². The van der Waals surface area contributed by atoms with Gasteiger partial charge in [0, 0.05) is 0 Å². The Hall–Kier alpha value is -1.28. The van der Waals surface area contributed by atoms with E-state index in [2.05, 4.69) is 78.8 Å². The van der Waals surface area contributed by atoms with Crippen molar-refractivity contribution in [3.05, 3.63) is 41.5 Å². The van der Waals surface area contributed by atoms with E-state index in [-0.39, 0.29) is 11.7 Å². The SMILES string of the molecule is CC1CC=C(C(OCCC2CCCCC2)Oc2ccc(C(CC(C)(C)C)C(C)(C)C)cc2)C1. The third-order valence-electron chi connectivity index (χ3n) is 7.58. The van der Waals surface area contributed by atoms with Crippen LogP contribution >= 0.6 is 0 Å². The van der Waals surface area contributed by atoms with Gasteiger partial charge in [-0.2, -0.15) is 0 Å². The Morgan fingerprint density at radius 2 is 1.61 bits per heavy atom. The van der Waals surface area contributed by atoms with Gasteiger partial charge in [-0.05, 0) is 77.5 Å². The third kappa shape index (κ3) is 8.46. The van der Waals surface area contributed by atoms with Gasteiger partial charge in [0.25, 0.3) is 0 Å². The predicted octanol–water partition coefficient (Wildman–Crippen LogP) is 9.30. The molecule has 0 N–H and O–H groups in total. The van der Waals surface area contributed by atoms with Gasteiger partial charge in [-0.1, -0.05) is 98.8 Å². The van der Waals surface area contributed by atoms with Gasteiger partial charge in [0.1, 0.15) is 5.75 Å². The van der Waals surface area contributed by atoms with Crippen molar-refractivity contribution in [3.63, 3.8) is 0 Å². The van der Waals surface area contributed by atoms with E-state index in [1.807, 2.05) is 0 Å². The average Bonchev–Trinajstić information content (AvgIpc) is 3.17. The first kappa shape index (κ1) is 26.3. The van der Waals surface area contributed by atoms with Gasteiger partial charge >= 0.3 is 0 Å². The summed E-state index contributed by atoms with van der Waals surface area (Å²) in [6.07, 6.45) is 13.6. The van der Waals surface area contributed by atoms with Crippen LogP contribution in [0.25, 0.3) is 0 Å².